The molecule has 2 rings (SSSR count). The van der Waals surface area contributed by atoms with Gasteiger partial charge in [-0.25, -0.2) is 0 Å². The van der Waals surface area contributed by atoms with E-state index in [0.717, 1.165) is 24.2 Å². The molecule has 1 aromatic rings. The number of hydrogen-bond acceptors (Lipinski definition) is 3. The summed E-state index contributed by atoms with van der Waals surface area (Å²) in [5, 5.41) is 6.10. The molecule has 1 aliphatic rings. The lowest BCUT2D eigenvalue weighted by Crippen LogP contribution is -2.35. The van der Waals surface area contributed by atoms with Gasteiger partial charge in [-0.05, 0) is 13.3 Å². The molecule has 5 nitrogen and oxygen atoms in total. The van der Waals surface area contributed by atoms with Crippen LogP contribution < -0.4 is 16.6 Å². The average Bonchev–Trinajstić information content (AvgIpc) is 2.56. The second-order valence-electron chi connectivity index (χ2n) is 4.17. The molecular weight excluding hydrogens is 192 g/mol. The Morgan fingerprint density at radius 3 is 3.07 bits per heavy atom. The Kier molecular flexibility index (Phi) is 2.67. The van der Waals surface area contributed by atoms with Crippen LogP contribution in [-0.2, 0) is 6.54 Å². The minimum atomic E-state index is -0.178. The van der Waals surface area contributed by atoms with Gasteiger partial charge in [0.15, 0.2) is 0 Å². The maximum atomic E-state index is 11.7. The smallest absolute Gasteiger partial charge is 0.269 e. The lowest BCUT2D eigenvalue weighted by molar-refractivity contribution is 0.436. The Bertz CT molecular complexity index is 406. The van der Waals surface area contributed by atoms with Crippen LogP contribution in [0.4, 0.5) is 0 Å². The van der Waals surface area contributed by atoms with Crippen molar-refractivity contribution in [2.45, 2.75) is 38.9 Å². The zero-order chi connectivity index (χ0) is 11.0. The van der Waals surface area contributed by atoms with Crippen LogP contribution in [0.5, 0.6) is 0 Å². The van der Waals surface area contributed by atoms with Gasteiger partial charge in [0.25, 0.3) is 5.56 Å². The van der Waals surface area contributed by atoms with E-state index in [1.54, 1.807) is 0 Å². The number of rotatable bonds is 2. The van der Waals surface area contributed by atoms with E-state index in [1.807, 2.05) is 4.68 Å². The molecule has 0 saturated carbocycles. The molecule has 5 heteroatoms. The minimum Gasteiger partial charge on any atom is -0.323 e. The molecule has 0 fully saturated rings. The zero-order valence-electron chi connectivity index (χ0n) is 9.21. The quantitative estimate of drug-likeness (QED) is 0.655. The van der Waals surface area contributed by atoms with Crippen molar-refractivity contribution >= 4 is 0 Å². The first-order chi connectivity index (χ1) is 7.15. The molecule has 0 aromatic carbocycles. The second-order valence-corrected chi connectivity index (χ2v) is 4.17. The summed E-state index contributed by atoms with van der Waals surface area (Å²) in [6.45, 7) is 5.61. The lowest BCUT2D eigenvalue weighted by atomic mass is 10.0. The van der Waals surface area contributed by atoms with Crippen LogP contribution in [-0.4, -0.2) is 16.3 Å². The van der Waals surface area contributed by atoms with Gasteiger partial charge in [-0.2, -0.15) is 0 Å². The van der Waals surface area contributed by atoms with E-state index in [0.29, 0.717) is 12.6 Å². The summed E-state index contributed by atoms with van der Waals surface area (Å²) >= 11 is 0. The molecule has 0 amide bonds. The average molecular weight is 210 g/mol. The fourth-order valence-corrected chi connectivity index (χ4v) is 2.07. The molecular formula is C10H18N4O. The van der Waals surface area contributed by atoms with Crippen LogP contribution in [0.1, 0.15) is 43.6 Å². The van der Waals surface area contributed by atoms with E-state index in [2.05, 4.69) is 24.3 Å². The third-order valence-electron chi connectivity index (χ3n) is 3.13. The maximum absolute atomic E-state index is 11.7. The Balaban J connectivity index is 2.51. The second kappa shape index (κ2) is 3.83. The predicted molar refractivity (Wildman–Crippen MR) is 58.7 cm³/mol. The van der Waals surface area contributed by atoms with Crippen LogP contribution in [0, 0.1) is 0 Å². The highest BCUT2D eigenvalue weighted by atomic mass is 16.1. The van der Waals surface area contributed by atoms with Crippen LogP contribution in [0.15, 0.2) is 4.79 Å². The molecule has 2 heterocycles. The van der Waals surface area contributed by atoms with E-state index in [1.165, 1.54) is 0 Å². The van der Waals surface area contributed by atoms with Crippen molar-refractivity contribution in [3.05, 3.63) is 21.6 Å². The molecule has 1 aromatic heterocycles. The molecule has 0 saturated heterocycles. The number of aromatic amines is 1. The Morgan fingerprint density at radius 1 is 1.67 bits per heavy atom. The highest BCUT2D eigenvalue weighted by Crippen LogP contribution is 2.20. The van der Waals surface area contributed by atoms with Crippen LogP contribution >= 0.6 is 0 Å². The molecule has 0 spiro atoms. The fraction of sp³-hybridized carbons (Fsp3) is 0.700. The van der Waals surface area contributed by atoms with E-state index >= 15 is 0 Å². The van der Waals surface area contributed by atoms with Gasteiger partial charge in [0.2, 0.25) is 0 Å². The summed E-state index contributed by atoms with van der Waals surface area (Å²) < 4.78 is 1.95. The third-order valence-corrected chi connectivity index (χ3v) is 3.13. The van der Waals surface area contributed by atoms with Gasteiger partial charge in [0, 0.05) is 25.2 Å². The molecule has 2 atom stereocenters. The van der Waals surface area contributed by atoms with Gasteiger partial charge in [-0.3, -0.25) is 14.6 Å². The summed E-state index contributed by atoms with van der Waals surface area (Å²) in [4.78, 5) is 11.7. The number of nitrogens with one attached hydrogen (secondary N) is 2. The van der Waals surface area contributed by atoms with Crippen LogP contribution in [0.2, 0.25) is 0 Å². The highest BCUT2D eigenvalue weighted by molar-refractivity contribution is 5.25. The van der Waals surface area contributed by atoms with Crippen LogP contribution in [0.25, 0.3) is 0 Å². The monoisotopic (exact) mass is 210 g/mol. The number of H-pyrrole nitrogens is 1. The first-order valence-corrected chi connectivity index (χ1v) is 5.44. The van der Waals surface area contributed by atoms with Crippen LogP contribution in [0.3, 0.4) is 0 Å². The summed E-state index contributed by atoms with van der Waals surface area (Å²) in [7, 11) is 0. The molecule has 84 valence electrons. The van der Waals surface area contributed by atoms with Crippen molar-refractivity contribution in [3.63, 3.8) is 0 Å². The van der Waals surface area contributed by atoms with Gasteiger partial charge in [0.05, 0.1) is 11.3 Å². The van der Waals surface area contributed by atoms with E-state index < -0.39 is 0 Å². The Morgan fingerprint density at radius 2 is 2.40 bits per heavy atom. The van der Waals surface area contributed by atoms with Gasteiger partial charge in [-0.1, -0.05) is 6.92 Å². The molecule has 15 heavy (non-hydrogen) atoms. The standard InChI is InChI=1S/C10H18N4O/c1-3-6(2)14-8-5-12-4-7(11)9(8)10(15)13-14/h6-7,12H,3-5,11H2,1-2H3,(H,13,15)/t6-,7-/m1/s1. The Labute approximate surface area is 88.6 Å². The first-order valence-electron chi connectivity index (χ1n) is 5.44. The SMILES string of the molecule is CC[C@@H](C)n1[nH]c(=O)c2c1CNC[C@H]2N. The van der Waals surface area contributed by atoms with Crippen molar-refractivity contribution in [1.29, 1.82) is 0 Å². The van der Waals surface area contributed by atoms with E-state index in [4.69, 9.17) is 5.73 Å². The maximum Gasteiger partial charge on any atom is 0.269 e. The molecule has 0 bridgehead atoms. The van der Waals surface area contributed by atoms with Crippen molar-refractivity contribution in [2.75, 3.05) is 6.54 Å². The summed E-state index contributed by atoms with van der Waals surface area (Å²) in [5.74, 6) is 0. The van der Waals surface area contributed by atoms with E-state index in [-0.39, 0.29) is 11.6 Å². The number of nitrogens with zero attached hydrogens (tertiary/aromatic N) is 1. The van der Waals surface area contributed by atoms with Gasteiger partial charge in [-0.15, -0.1) is 0 Å². The topological polar surface area (TPSA) is 75.8 Å². The van der Waals surface area contributed by atoms with Gasteiger partial charge < -0.3 is 11.1 Å². The van der Waals surface area contributed by atoms with Gasteiger partial charge in [0.1, 0.15) is 0 Å². The predicted octanol–water partition coefficient (Wildman–Crippen LogP) is 0.250. The highest BCUT2D eigenvalue weighted by Gasteiger charge is 2.25. The summed E-state index contributed by atoms with van der Waals surface area (Å²) in [5.41, 5.74) is 7.66. The molecule has 0 unspecified atom stereocenters. The Hall–Kier alpha value is -1.07. The number of hydrogen-bond donors (Lipinski definition) is 3. The number of fused-ring (bicyclic) bond motifs is 1. The summed E-state index contributed by atoms with van der Waals surface area (Å²) in [6.07, 6.45) is 0.992. The summed E-state index contributed by atoms with van der Waals surface area (Å²) in [6, 6.07) is 0.136. The first kappa shape index (κ1) is 10.4. The number of aromatic nitrogens is 2. The number of nitrogens with two attached hydrogens (primary N) is 1. The van der Waals surface area contributed by atoms with E-state index in [9.17, 15) is 4.79 Å². The van der Waals surface area contributed by atoms with Crippen molar-refractivity contribution in [2.24, 2.45) is 5.73 Å². The third kappa shape index (κ3) is 1.61. The van der Waals surface area contributed by atoms with Crippen molar-refractivity contribution in [1.82, 2.24) is 15.1 Å². The molecule has 4 N–H and O–H groups in total. The minimum absolute atomic E-state index is 0.0284. The van der Waals surface area contributed by atoms with Crippen molar-refractivity contribution < 1.29 is 0 Å². The zero-order valence-corrected chi connectivity index (χ0v) is 9.21. The fourth-order valence-electron chi connectivity index (χ4n) is 2.07. The van der Waals surface area contributed by atoms with Gasteiger partial charge >= 0.3 is 0 Å². The largest absolute Gasteiger partial charge is 0.323 e. The normalized spacial score (nSPS) is 22.5. The molecule has 0 radical (unpaired) electrons. The molecule has 0 aliphatic carbocycles. The lowest BCUT2D eigenvalue weighted by Gasteiger charge is -2.22. The van der Waals surface area contributed by atoms with Crippen molar-refractivity contribution in [3.8, 4) is 0 Å². The molecule has 1 aliphatic heterocycles.